The molecule has 26 heteroatoms. The molecular weight excluding hydrogens is 850 g/mol. The van der Waals surface area contributed by atoms with Crippen molar-refractivity contribution in [2.75, 3.05) is 18.9 Å². The number of fused-ring (bicyclic) bond motifs is 4. The summed E-state index contributed by atoms with van der Waals surface area (Å²) in [5, 5.41) is 9.50. The van der Waals surface area contributed by atoms with Crippen molar-refractivity contribution < 1.29 is 65.0 Å². The number of hydrogen-bond donors (Lipinski definition) is 4. The number of esters is 1. The van der Waals surface area contributed by atoms with Gasteiger partial charge in [-0.25, -0.2) is 42.5 Å². The number of alkyl halides is 2. The first-order chi connectivity index (χ1) is 28.2. The number of H-pyrrole nitrogens is 1. The van der Waals surface area contributed by atoms with Crippen molar-refractivity contribution in [2.24, 2.45) is 0 Å². The molecule has 0 spiro atoms. The lowest BCUT2D eigenvalue weighted by Gasteiger charge is -2.27. The number of benzene rings is 2. The van der Waals surface area contributed by atoms with Gasteiger partial charge in [-0.3, -0.25) is 37.0 Å². The first-order valence-electron chi connectivity index (χ1n) is 17.3. The molecule has 0 saturated carbocycles. The fourth-order valence-corrected chi connectivity index (χ4v) is 10.7. The lowest BCUT2D eigenvalue weighted by atomic mass is 10.1. The molecule has 312 valence electrons. The predicted molar refractivity (Wildman–Crippen MR) is 199 cm³/mol. The predicted octanol–water partition coefficient (Wildman–Crippen LogP) is 3.31. The molecule has 3 saturated heterocycles. The number of ether oxygens (including phenoxy) is 3. The number of nitrogens with two attached hydrogens (primary N) is 1. The number of phosphoric ester groups is 1. The molecule has 0 radical (unpaired) electrons. The second kappa shape index (κ2) is 16.3. The maximum absolute atomic E-state index is 16.5. The standard InChI is InChI=1S/C33H31F2N7O14P2S/c34-23-20-11-50-57(47,48)55-26-21(54-30(24(26)35)41-10-9-22(44)40-33(41)46)12-51-58(49,56-27(23)31(53-20)42-15-39-25-28(36)37-14-38-29(25)42)59-13-16-1-7-19(8-2-16)52-32(45)17-3-5-18(43)6-4-17/h1-10,14-15,20-21,23-24,26-27,30-31,43H,11-13H2,(H,47,48)(H2,36,37,38)(H,40,44,46)/t20-,21-,23-,24-,26-,27-,30-,31-,58-/m1/s1. The van der Waals surface area contributed by atoms with Crippen LogP contribution >= 0.6 is 26.0 Å². The van der Waals surface area contributed by atoms with Gasteiger partial charge in [0.25, 0.3) is 5.56 Å². The fraction of sp³-hybridized carbons (Fsp3) is 0.333. The van der Waals surface area contributed by atoms with E-state index in [9.17, 15) is 33.5 Å². The van der Waals surface area contributed by atoms with Crippen LogP contribution in [0, 0.1) is 0 Å². The number of carbonyl (C=O) groups is 1. The van der Waals surface area contributed by atoms with Crippen molar-refractivity contribution in [3.8, 4) is 11.5 Å². The van der Waals surface area contributed by atoms with E-state index in [1.54, 1.807) is 0 Å². The number of phosphoric acid groups is 1. The van der Waals surface area contributed by atoms with E-state index in [4.69, 9.17) is 38.0 Å². The highest BCUT2D eigenvalue weighted by Crippen LogP contribution is 2.65. The van der Waals surface area contributed by atoms with Crippen LogP contribution in [0.4, 0.5) is 14.6 Å². The van der Waals surface area contributed by atoms with Crippen LogP contribution in [0.15, 0.2) is 83.0 Å². The normalized spacial score (nSPS) is 31.2. The number of rotatable bonds is 7. The number of hydrogen-bond acceptors (Lipinski definition) is 18. The maximum atomic E-state index is 16.5. The number of aromatic nitrogens is 6. The minimum absolute atomic E-state index is 0.0215. The third kappa shape index (κ3) is 8.59. The van der Waals surface area contributed by atoms with E-state index >= 15 is 8.78 Å². The average molecular weight is 882 g/mol. The summed E-state index contributed by atoms with van der Waals surface area (Å²) in [5.74, 6) is -0.741. The molecule has 3 aliphatic heterocycles. The Labute approximate surface area is 333 Å². The van der Waals surface area contributed by atoms with Gasteiger partial charge in [0, 0.05) is 18.0 Å². The van der Waals surface area contributed by atoms with Gasteiger partial charge in [-0.15, -0.1) is 0 Å². The first-order valence-corrected chi connectivity index (χ1v) is 22.0. The van der Waals surface area contributed by atoms with Gasteiger partial charge in [-0.05, 0) is 53.3 Å². The zero-order valence-electron chi connectivity index (χ0n) is 29.8. The van der Waals surface area contributed by atoms with Crippen molar-refractivity contribution in [1.82, 2.24) is 29.1 Å². The molecule has 3 aromatic heterocycles. The summed E-state index contributed by atoms with van der Waals surface area (Å²) in [6.07, 6.45) is -11.9. The number of phenolic OH excluding ortho intramolecular Hbond substituents is 1. The Kier molecular flexibility index (Phi) is 11.3. The molecule has 2 bridgehead atoms. The molecule has 5 aromatic rings. The molecule has 3 aliphatic rings. The molecule has 21 nitrogen and oxygen atoms in total. The Bertz CT molecular complexity index is 2590. The number of imidazole rings is 1. The number of halogens is 2. The van der Waals surface area contributed by atoms with Crippen molar-refractivity contribution in [1.29, 1.82) is 0 Å². The highest BCUT2D eigenvalue weighted by atomic mass is 32.7. The van der Waals surface area contributed by atoms with Crippen LogP contribution in [-0.2, 0) is 42.5 Å². The van der Waals surface area contributed by atoms with Gasteiger partial charge < -0.3 is 29.9 Å². The molecular formula is C33H31F2N7O14P2S. The summed E-state index contributed by atoms with van der Waals surface area (Å²) in [6.45, 7) is -6.52. The fourth-order valence-electron chi connectivity index (χ4n) is 6.36. The van der Waals surface area contributed by atoms with E-state index in [1.165, 1.54) is 59.4 Å². The molecule has 0 amide bonds. The second-order valence-electron chi connectivity index (χ2n) is 13.1. The summed E-state index contributed by atoms with van der Waals surface area (Å²) in [5.41, 5.74) is 4.92. The van der Waals surface area contributed by atoms with Crippen LogP contribution in [0.5, 0.6) is 11.5 Å². The Morgan fingerprint density at radius 2 is 1.64 bits per heavy atom. The van der Waals surface area contributed by atoms with E-state index in [2.05, 4.69) is 15.0 Å². The zero-order chi connectivity index (χ0) is 41.6. The molecule has 8 rings (SSSR count). The summed E-state index contributed by atoms with van der Waals surface area (Å²) < 4.78 is 102. The summed E-state index contributed by atoms with van der Waals surface area (Å²) >= 11 is 0.574. The average Bonchev–Trinajstić information content (AvgIpc) is 3.86. The Morgan fingerprint density at radius 3 is 2.39 bits per heavy atom. The van der Waals surface area contributed by atoms with E-state index in [1.807, 2.05) is 4.98 Å². The van der Waals surface area contributed by atoms with Crippen molar-refractivity contribution in [3.63, 3.8) is 0 Å². The zero-order valence-corrected chi connectivity index (χ0v) is 32.4. The Hall–Kier alpha value is -4.87. The van der Waals surface area contributed by atoms with Gasteiger partial charge >= 0.3 is 26.3 Å². The first kappa shape index (κ1) is 40.9. The van der Waals surface area contributed by atoms with E-state index < -0.39 is 94.3 Å². The van der Waals surface area contributed by atoms with Crippen LogP contribution in [-0.4, -0.2) is 95.0 Å². The molecule has 10 atom stereocenters. The number of nitrogen functional groups attached to an aromatic ring is 1. The molecule has 2 aromatic carbocycles. The third-order valence-corrected chi connectivity index (χ3v) is 13.9. The van der Waals surface area contributed by atoms with Crippen molar-refractivity contribution in [3.05, 3.63) is 105 Å². The molecule has 0 aliphatic carbocycles. The molecule has 6 heterocycles. The minimum Gasteiger partial charge on any atom is -0.508 e. The SMILES string of the molecule is Nc1ncnc2c1ncn2[C@@H]1O[C@@H]2COP(=O)(O)O[C@H]3[C@@H](F)[C@H](n4ccc(=O)[nH]c4=O)O[C@@H]3CO[P@@](=O)(SCc3ccc(OC(=O)c4ccc(O)cc4)cc3)O[C@@H]1[C@@H]2F. The van der Waals surface area contributed by atoms with Gasteiger partial charge in [-0.1, -0.05) is 12.1 Å². The molecule has 1 unspecified atom stereocenters. The van der Waals surface area contributed by atoms with E-state index in [-0.39, 0.29) is 39.8 Å². The van der Waals surface area contributed by atoms with Gasteiger partial charge in [0.15, 0.2) is 36.3 Å². The van der Waals surface area contributed by atoms with Crippen LogP contribution < -0.4 is 21.7 Å². The Morgan fingerprint density at radius 1 is 0.915 bits per heavy atom. The number of anilines is 1. The number of nitrogens with zero attached hydrogens (tertiary/aromatic N) is 5. The van der Waals surface area contributed by atoms with Gasteiger partial charge in [-0.2, -0.15) is 0 Å². The lowest BCUT2D eigenvalue weighted by molar-refractivity contribution is -0.0620. The van der Waals surface area contributed by atoms with Gasteiger partial charge in [0.05, 0.1) is 25.1 Å². The van der Waals surface area contributed by atoms with Crippen molar-refractivity contribution >= 4 is 49.0 Å². The third-order valence-electron chi connectivity index (χ3n) is 9.25. The maximum Gasteiger partial charge on any atom is 0.472 e. The quantitative estimate of drug-likeness (QED) is 0.104. The minimum atomic E-state index is -5.28. The number of phenols is 1. The van der Waals surface area contributed by atoms with Gasteiger partial charge in [0.2, 0.25) is 0 Å². The highest BCUT2D eigenvalue weighted by molar-refractivity contribution is 8.54. The number of aromatic hydroxyl groups is 1. The monoisotopic (exact) mass is 881 g/mol. The largest absolute Gasteiger partial charge is 0.508 e. The summed E-state index contributed by atoms with van der Waals surface area (Å²) in [6, 6.07) is 12.3. The van der Waals surface area contributed by atoms with Crippen LogP contribution in [0.1, 0.15) is 28.4 Å². The summed E-state index contributed by atoms with van der Waals surface area (Å²) in [4.78, 5) is 61.7. The van der Waals surface area contributed by atoms with Crippen molar-refractivity contribution in [2.45, 2.75) is 55.0 Å². The van der Waals surface area contributed by atoms with Gasteiger partial charge in [0.1, 0.15) is 47.8 Å². The highest BCUT2D eigenvalue weighted by Gasteiger charge is 2.55. The molecule has 3 fully saturated rings. The smallest absolute Gasteiger partial charge is 0.472 e. The summed E-state index contributed by atoms with van der Waals surface area (Å²) in [7, 11) is -5.28. The van der Waals surface area contributed by atoms with E-state index in [0.29, 0.717) is 21.5 Å². The molecule has 59 heavy (non-hydrogen) atoms. The lowest BCUT2D eigenvalue weighted by Crippen LogP contribution is -2.36. The number of nitrogens with one attached hydrogen (secondary N) is 1. The Balaban J connectivity index is 1.10. The topological polar surface area (TPSA) is 281 Å². The van der Waals surface area contributed by atoms with E-state index in [0.717, 1.165) is 18.6 Å². The number of aromatic amines is 1. The van der Waals surface area contributed by atoms with Crippen LogP contribution in [0.3, 0.4) is 0 Å². The number of carbonyl (C=O) groups excluding carboxylic acids is 1. The second-order valence-corrected chi connectivity index (χ2v) is 18.6. The molecule has 5 N–H and O–H groups in total. The van der Waals surface area contributed by atoms with Crippen LogP contribution in [0.25, 0.3) is 11.2 Å². The van der Waals surface area contributed by atoms with Crippen LogP contribution in [0.2, 0.25) is 0 Å².